The minimum absolute atomic E-state index is 0.0413. The number of alkyl halides is 7. The van der Waals surface area contributed by atoms with Crippen molar-refractivity contribution in [2.24, 2.45) is 0 Å². The lowest BCUT2D eigenvalue weighted by Crippen LogP contribution is -2.52. The Labute approximate surface area is 102 Å². The molecule has 0 unspecified atom stereocenters. The molecule has 0 radical (unpaired) electrons. The number of hydrogen-bond donors (Lipinski definition) is 1. The number of nitrogens with zero attached hydrogens (tertiary/aromatic N) is 1. The first kappa shape index (κ1) is 15.3. The van der Waals surface area contributed by atoms with Crippen molar-refractivity contribution in [3.8, 4) is 0 Å². The summed E-state index contributed by atoms with van der Waals surface area (Å²) in [5.74, 6) is -14.6. The van der Waals surface area contributed by atoms with Crippen LogP contribution < -0.4 is 0 Å². The molecule has 0 amide bonds. The quantitative estimate of drug-likeness (QED) is 0.678. The molecule has 1 N–H and O–H groups in total. The zero-order valence-electron chi connectivity index (χ0n) is 8.93. The Morgan fingerprint density at radius 2 is 1.63 bits per heavy atom. The van der Waals surface area contributed by atoms with E-state index in [1.807, 2.05) is 0 Å². The molecule has 0 saturated carbocycles. The van der Waals surface area contributed by atoms with Gasteiger partial charge in [-0.25, -0.2) is 0 Å². The summed E-state index contributed by atoms with van der Waals surface area (Å²) in [7, 11) is 0. The van der Waals surface area contributed by atoms with Crippen molar-refractivity contribution in [1.82, 2.24) is 4.98 Å². The van der Waals surface area contributed by atoms with Crippen LogP contribution in [0.4, 0.5) is 30.7 Å². The van der Waals surface area contributed by atoms with Crippen molar-refractivity contribution in [2.45, 2.75) is 18.0 Å². The molecule has 9 heteroatoms. The van der Waals surface area contributed by atoms with Gasteiger partial charge in [0.25, 0.3) is 0 Å². The Hall–Kier alpha value is -1.80. The largest absolute Gasteiger partial charge is 0.506 e. The third kappa shape index (κ3) is 2.79. The molecule has 0 aromatic carbocycles. The number of pyridine rings is 1. The molecule has 0 spiro atoms. The van der Waals surface area contributed by atoms with E-state index in [-0.39, 0.29) is 6.08 Å². The maximum atomic E-state index is 13.0. The molecule has 2 nitrogen and oxygen atoms in total. The van der Waals surface area contributed by atoms with E-state index in [0.717, 1.165) is 12.3 Å². The van der Waals surface area contributed by atoms with E-state index in [1.165, 1.54) is 12.1 Å². The molecule has 1 aromatic rings. The van der Waals surface area contributed by atoms with E-state index in [4.69, 9.17) is 5.11 Å². The number of aliphatic hydroxyl groups is 1. The first-order chi connectivity index (χ1) is 8.50. The lowest BCUT2D eigenvalue weighted by molar-refractivity contribution is -0.349. The van der Waals surface area contributed by atoms with E-state index in [9.17, 15) is 30.7 Å². The van der Waals surface area contributed by atoms with Gasteiger partial charge in [0.1, 0.15) is 0 Å². The monoisotopic (exact) mass is 289 g/mol. The highest BCUT2D eigenvalue weighted by Gasteiger charge is 2.74. The fraction of sp³-hybridized carbons (Fsp3) is 0.300. The topological polar surface area (TPSA) is 33.1 Å². The number of halogens is 7. The van der Waals surface area contributed by atoms with E-state index in [2.05, 4.69) is 4.98 Å². The van der Waals surface area contributed by atoms with Crippen LogP contribution >= 0.6 is 0 Å². The van der Waals surface area contributed by atoms with E-state index in [1.54, 1.807) is 0 Å². The molecule has 0 aliphatic carbocycles. The molecular formula is C10H6F7NO. The van der Waals surface area contributed by atoms with Crippen LogP contribution in [0.15, 0.2) is 30.2 Å². The van der Waals surface area contributed by atoms with Crippen molar-refractivity contribution in [3.05, 3.63) is 35.8 Å². The SMILES string of the molecule is O/C(=C\c1ccccn1)C(F)(F)C(F)(F)C(F)(F)F. The lowest BCUT2D eigenvalue weighted by atomic mass is 10.1. The number of hydrogen-bond acceptors (Lipinski definition) is 2. The van der Waals surface area contributed by atoms with Gasteiger partial charge in [-0.1, -0.05) is 6.07 Å². The van der Waals surface area contributed by atoms with Gasteiger partial charge in [-0.2, -0.15) is 30.7 Å². The summed E-state index contributed by atoms with van der Waals surface area (Å²) in [4.78, 5) is 3.38. The molecule has 0 aliphatic rings. The van der Waals surface area contributed by atoms with Gasteiger partial charge in [-0.3, -0.25) is 4.98 Å². The molecule has 0 saturated heterocycles. The van der Waals surface area contributed by atoms with Crippen molar-refractivity contribution >= 4 is 6.08 Å². The Bertz CT molecular complexity index is 467. The molecule has 0 atom stereocenters. The van der Waals surface area contributed by atoms with Gasteiger partial charge in [0.2, 0.25) is 0 Å². The van der Waals surface area contributed by atoms with Gasteiger partial charge in [0.15, 0.2) is 5.76 Å². The Morgan fingerprint density at radius 3 is 2.05 bits per heavy atom. The normalized spacial score (nSPS) is 14.6. The summed E-state index contributed by atoms with van der Waals surface area (Å²) in [5.41, 5.74) is -0.391. The molecule has 19 heavy (non-hydrogen) atoms. The predicted molar refractivity (Wildman–Crippen MR) is 50.8 cm³/mol. The molecule has 1 heterocycles. The Morgan fingerprint density at radius 1 is 1.05 bits per heavy atom. The van der Waals surface area contributed by atoms with Crippen LogP contribution in [-0.2, 0) is 0 Å². The summed E-state index contributed by atoms with van der Waals surface area (Å²) >= 11 is 0. The Balaban J connectivity index is 3.17. The molecule has 0 fully saturated rings. The van der Waals surface area contributed by atoms with Crippen molar-refractivity contribution in [2.75, 3.05) is 0 Å². The molecular weight excluding hydrogens is 283 g/mol. The van der Waals surface area contributed by atoms with Crippen LogP contribution in [0.5, 0.6) is 0 Å². The third-order valence-corrected chi connectivity index (χ3v) is 2.04. The standard InChI is InChI=1S/C10H6F7NO/c11-8(12,9(13,14)10(15,16)17)7(19)5-6-3-1-2-4-18-6/h1-5,19H/b7-5-. The number of rotatable bonds is 3. The molecule has 0 bridgehead atoms. The maximum Gasteiger partial charge on any atom is 0.460 e. The molecule has 1 rings (SSSR count). The average Bonchev–Trinajstić information content (AvgIpc) is 2.28. The van der Waals surface area contributed by atoms with Gasteiger partial charge >= 0.3 is 18.0 Å². The average molecular weight is 289 g/mol. The van der Waals surface area contributed by atoms with Crippen LogP contribution in [0.3, 0.4) is 0 Å². The van der Waals surface area contributed by atoms with Crippen LogP contribution in [0.25, 0.3) is 6.08 Å². The zero-order valence-corrected chi connectivity index (χ0v) is 8.93. The summed E-state index contributed by atoms with van der Waals surface area (Å²) in [6.45, 7) is 0. The molecule has 1 aromatic heterocycles. The highest BCUT2D eigenvalue weighted by atomic mass is 19.4. The highest BCUT2D eigenvalue weighted by Crippen LogP contribution is 2.49. The highest BCUT2D eigenvalue weighted by molar-refractivity contribution is 5.48. The van der Waals surface area contributed by atoms with Crippen LogP contribution in [-0.4, -0.2) is 28.1 Å². The second kappa shape index (κ2) is 4.71. The van der Waals surface area contributed by atoms with Crippen molar-refractivity contribution in [3.63, 3.8) is 0 Å². The van der Waals surface area contributed by atoms with E-state index < -0.39 is 29.5 Å². The smallest absolute Gasteiger partial charge is 0.460 e. The fourth-order valence-corrected chi connectivity index (χ4v) is 1.03. The Kier molecular flexibility index (Phi) is 3.78. The van der Waals surface area contributed by atoms with Crippen LogP contribution in [0.2, 0.25) is 0 Å². The van der Waals surface area contributed by atoms with Gasteiger partial charge in [-0.05, 0) is 12.1 Å². The van der Waals surface area contributed by atoms with Gasteiger partial charge < -0.3 is 5.11 Å². The lowest BCUT2D eigenvalue weighted by Gasteiger charge is -2.27. The summed E-state index contributed by atoms with van der Waals surface area (Å²) < 4.78 is 86.6. The predicted octanol–water partition coefficient (Wildman–Crippen LogP) is 3.81. The first-order valence-electron chi connectivity index (χ1n) is 4.64. The number of aromatic nitrogens is 1. The van der Waals surface area contributed by atoms with Gasteiger partial charge in [-0.15, -0.1) is 0 Å². The van der Waals surface area contributed by atoms with Gasteiger partial charge in [0, 0.05) is 12.3 Å². The molecule has 106 valence electrons. The summed E-state index contributed by atoms with van der Waals surface area (Å²) in [5, 5.41) is 8.82. The van der Waals surface area contributed by atoms with Crippen LogP contribution in [0.1, 0.15) is 5.69 Å². The first-order valence-corrected chi connectivity index (χ1v) is 4.64. The fourth-order valence-electron chi connectivity index (χ4n) is 1.03. The second-order valence-electron chi connectivity index (χ2n) is 3.43. The van der Waals surface area contributed by atoms with Gasteiger partial charge in [0.05, 0.1) is 5.69 Å². The zero-order chi connectivity index (χ0) is 14.9. The minimum atomic E-state index is -6.50. The second-order valence-corrected chi connectivity index (χ2v) is 3.43. The van der Waals surface area contributed by atoms with Crippen LogP contribution in [0, 0.1) is 0 Å². The van der Waals surface area contributed by atoms with Crippen molar-refractivity contribution < 1.29 is 35.8 Å². The molecule has 0 aliphatic heterocycles. The third-order valence-electron chi connectivity index (χ3n) is 2.04. The van der Waals surface area contributed by atoms with E-state index >= 15 is 0 Å². The van der Waals surface area contributed by atoms with E-state index in [0.29, 0.717) is 0 Å². The number of allylic oxidation sites excluding steroid dienone is 1. The number of aliphatic hydroxyl groups excluding tert-OH is 1. The maximum absolute atomic E-state index is 13.0. The van der Waals surface area contributed by atoms with Crippen molar-refractivity contribution in [1.29, 1.82) is 0 Å². The summed E-state index contributed by atoms with van der Waals surface area (Å²) in [6.07, 6.45) is -5.37. The summed E-state index contributed by atoms with van der Waals surface area (Å²) in [6, 6.07) is 3.67. The minimum Gasteiger partial charge on any atom is -0.506 e.